The topological polar surface area (TPSA) is 55.8 Å². The van der Waals surface area contributed by atoms with Crippen LogP contribution in [-0.4, -0.2) is 25.0 Å². The maximum atomic E-state index is 10.8. The lowest BCUT2D eigenvalue weighted by Gasteiger charge is -2.10. The van der Waals surface area contributed by atoms with E-state index in [0.29, 0.717) is 5.75 Å². The Hall–Kier alpha value is -1.55. The fraction of sp³-hybridized carbons (Fsp3) is 0.300. The summed E-state index contributed by atoms with van der Waals surface area (Å²) in [6, 6.07) is 4.97. The van der Waals surface area contributed by atoms with Gasteiger partial charge in [-0.2, -0.15) is 0 Å². The van der Waals surface area contributed by atoms with Gasteiger partial charge in [0.25, 0.3) is 0 Å². The van der Waals surface area contributed by atoms with Crippen molar-refractivity contribution in [1.29, 1.82) is 0 Å². The average Bonchev–Trinajstić information content (AvgIpc) is 2.15. The van der Waals surface area contributed by atoms with E-state index < -0.39 is 5.97 Å². The molecule has 0 aliphatic heterocycles. The van der Waals surface area contributed by atoms with Gasteiger partial charge in [-0.3, -0.25) is 0 Å². The summed E-state index contributed by atoms with van der Waals surface area (Å²) in [5.41, 5.74) is 0.934. The summed E-state index contributed by atoms with van der Waals surface area (Å²) < 4.78 is 9.90. The summed E-state index contributed by atoms with van der Waals surface area (Å²) in [7, 11) is 1.48. The smallest absolute Gasteiger partial charge is 0.339 e. The van der Waals surface area contributed by atoms with Gasteiger partial charge in [0.1, 0.15) is 11.3 Å². The van der Waals surface area contributed by atoms with Gasteiger partial charge in [0.15, 0.2) is 6.79 Å². The second-order valence-electron chi connectivity index (χ2n) is 2.81. The van der Waals surface area contributed by atoms with Crippen molar-refractivity contribution in [2.24, 2.45) is 0 Å². The van der Waals surface area contributed by atoms with E-state index in [2.05, 4.69) is 0 Å². The van der Waals surface area contributed by atoms with Crippen molar-refractivity contribution in [3.63, 3.8) is 0 Å². The predicted octanol–water partition coefficient (Wildman–Crippen LogP) is 1.68. The summed E-state index contributed by atoms with van der Waals surface area (Å²) in [6.07, 6.45) is 0. The lowest BCUT2D eigenvalue weighted by molar-refractivity contribution is 0.0479. The standard InChI is InChI=1S/C10H12O4/c1-7-4-3-5-8(10(11)12)9(7)14-6-13-2/h3-5H,6H2,1-2H3,(H,11,12). The molecule has 1 rings (SSSR count). The number of aryl methyl sites for hydroxylation is 1. The first kappa shape index (κ1) is 10.5. The lowest BCUT2D eigenvalue weighted by atomic mass is 10.1. The first-order valence-corrected chi connectivity index (χ1v) is 4.11. The molecule has 0 saturated carbocycles. The third-order valence-corrected chi connectivity index (χ3v) is 1.76. The van der Waals surface area contributed by atoms with Gasteiger partial charge in [0.05, 0.1) is 0 Å². The fourth-order valence-electron chi connectivity index (χ4n) is 1.13. The summed E-state index contributed by atoms with van der Waals surface area (Å²) in [5.74, 6) is -0.637. The molecule has 0 aliphatic rings. The average molecular weight is 196 g/mol. The highest BCUT2D eigenvalue weighted by Gasteiger charge is 2.12. The number of hydrogen-bond acceptors (Lipinski definition) is 3. The number of carbonyl (C=O) groups is 1. The van der Waals surface area contributed by atoms with Gasteiger partial charge in [0.2, 0.25) is 0 Å². The Bertz CT molecular complexity index is 333. The molecule has 0 aromatic heterocycles. The first-order chi connectivity index (χ1) is 6.66. The normalized spacial score (nSPS) is 9.86. The molecule has 0 radical (unpaired) electrons. The first-order valence-electron chi connectivity index (χ1n) is 4.11. The highest BCUT2D eigenvalue weighted by Crippen LogP contribution is 2.23. The molecule has 14 heavy (non-hydrogen) atoms. The molecule has 0 aliphatic carbocycles. The van der Waals surface area contributed by atoms with Gasteiger partial charge in [-0.15, -0.1) is 0 Å². The Kier molecular flexibility index (Phi) is 3.48. The van der Waals surface area contributed by atoms with Crippen LogP contribution in [0.15, 0.2) is 18.2 Å². The molecular weight excluding hydrogens is 184 g/mol. The van der Waals surface area contributed by atoms with Crippen molar-refractivity contribution in [3.05, 3.63) is 29.3 Å². The molecular formula is C10H12O4. The SMILES string of the molecule is COCOc1c(C)cccc1C(=O)O. The third kappa shape index (κ3) is 2.23. The zero-order valence-corrected chi connectivity index (χ0v) is 8.11. The molecule has 4 nitrogen and oxygen atoms in total. The Morgan fingerprint density at radius 2 is 2.21 bits per heavy atom. The number of benzene rings is 1. The lowest BCUT2D eigenvalue weighted by Crippen LogP contribution is -2.06. The molecule has 0 bridgehead atoms. The van der Waals surface area contributed by atoms with Crippen molar-refractivity contribution in [2.45, 2.75) is 6.92 Å². The van der Waals surface area contributed by atoms with Crippen molar-refractivity contribution in [1.82, 2.24) is 0 Å². The van der Waals surface area contributed by atoms with Crippen LogP contribution in [0.5, 0.6) is 5.75 Å². The van der Waals surface area contributed by atoms with E-state index in [1.54, 1.807) is 19.1 Å². The minimum Gasteiger partial charge on any atom is -0.478 e. The van der Waals surface area contributed by atoms with E-state index in [1.165, 1.54) is 13.2 Å². The van der Waals surface area contributed by atoms with Crippen LogP contribution in [0, 0.1) is 6.92 Å². The molecule has 0 atom stereocenters. The second-order valence-corrected chi connectivity index (χ2v) is 2.81. The van der Waals surface area contributed by atoms with E-state index in [9.17, 15) is 4.79 Å². The molecule has 0 fully saturated rings. The van der Waals surface area contributed by atoms with Crippen LogP contribution in [-0.2, 0) is 4.74 Å². The van der Waals surface area contributed by atoms with Crippen LogP contribution >= 0.6 is 0 Å². The van der Waals surface area contributed by atoms with E-state index in [0.717, 1.165) is 5.56 Å². The maximum Gasteiger partial charge on any atom is 0.339 e. The van der Waals surface area contributed by atoms with Gasteiger partial charge in [-0.25, -0.2) is 4.79 Å². The highest BCUT2D eigenvalue weighted by atomic mass is 16.7. The van der Waals surface area contributed by atoms with Gasteiger partial charge < -0.3 is 14.6 Å². The van der Waals surface area contributed by atoms with Crippen LogP contribution in [0.4, 0.5) is 0 Å². The number of methoxy groups -OCH3 is 1. The molecule has 1 aromatic rings. The Morgan fingerprint density at radius 1 is 1.50 bits per heavy atom. The van der Waals surface area contributed by atoms with Crippen LogP contribution in [0.25, 0.3) is 0 Å². The molecule has 0 unspecified atom stereocenters. The molecule has 0 saturated heterocycles. The molecule has 1 aromatic carbocycles. The van der Waals surface area contributed by atoms with Crippen LogP contribution in [0.2, 0.25) is 0 Å². The molecule has 0 amide bonds. The predicted molar refractivity (Wildman–Crippen MR) is 50.6 cm³/mol. The number of hydrogen-bond donors (Lipinski definition) is 1. The van der Waals surface area contributed by atoms with Gasteiger partial charge in [-0.1, -0.05) is 12.1 Å². The van der Waals surface area contributed by atoms with Crippen LogP contribution in [0.3, 0.4) is 0 Å². The Labute approximate surface area is 82.1 Å². The number of carboxylic acids is 1. The summed E-state index contributed by atoms with van der Waals surface area (Å²) in [5, 5.41) is 8.87. The molecule has 76 valence electrons. The molecule has 0 heterocycles. The van der Waals surface area contributed by atoms with Gasteiger partial charge in [0, 0.05) is 7.11 Å². The highest BCUT2D eigenvalue weighted by molar-refractivity contribution is 5.91. The quantitative estimate of drug-likeness (QED) is 0.744. The van der Waals surface area contributed by atoms with E-state index in [1.807, 2.05) is 0 Å². The molecule has 1 N–H and O–H groups in total. The number of para-hydroxylation sites is 1. The number of aromatic carboxylic acids is 1. The van der Waals surface area contributed by atoms with Crippen molar-refractivity contribution in [2.75, 3.05) is 13.9 Å². The minimum atomic E-state index is -1.00. The van der Waals surface area contributed by atoms with Gasteiger partial charge in [-0.05, 0) is 18.6 Å². The monoisotopic (exact) mass is 196 g/mol. The summed E-state index contributed by atoms with van der Waals surface area (Å²) >= 11 is 0. The Balaban J connectivity index is 3.02. The Morgan fingerprint density at radius 3 is 2.79 bits per heavy atom. The van der Waals surface area contributed by atoms with Crippen molar-refractivity contribution >= 4 is 5.97 Å². The minimum absolute atomic E-state index is 0.0468. The number of ether oxygens (including phenoxy) is 2. The summed E-state index contributed by atoms with van der Waals surface area (Å²) in [4.78, 5) is 10.8. The van der Waals surface area contributed by atoms with E-state index in [4.69, 9.17) is 14.6 Å². The van der Waals surface area contributed by atoms with Crippen LogP contribution < -0.4 is 4.74 Å². The largest absolute Gasteiger partial charge is 0.478 e. The number of rotatable bonds is 4. The number of carboxylic acid groups (broad SMARTS) is 1. The summed E-state index contributed by atoms with van der Waals surface area (Å²) in [6.45, 7) is 1.84. The van der Waals surface area contributed by atoms with Crippen LogP contribution in [0.1, 0.15) is 15.9 Å². The van der Waals surface area contributed by atoms with E-state index >= 15 is 0 Å². The van der Waals surface area contributed by atoms with Crippen molar-refractivity contribution in [3.8, 4) is 5.75 Å². The maximum absolute atomic E-state index is 10.8. The zero-order chi connectivity index (χ0) is 10.6. The third-order valence-electron chi connectivity index (χ3n) is 1.76. The zero-order valence-electron chi connectivity index (χ0n) is 8.11. The fourth-order valence-corrected chi connectivity index (χ4v) is 1.13. The molecule has 0 spiro atoms. The van der Waals surface area contributed by atoms with Gasteiger partial charge >= 0.3 is 5.97 Å². The van der Waals surface area contributed by atoms with Crippen molar-refractivity contribution < 1.29 is 19.4 Å². The second kappa shape index (κ2) is 4.62. The molecule has 4 heteroatoms. The van der Waals surface area contributed by atoms with E-state index in [-0.39, 0.29) is 12.4 Å².